The van der Waals surface area contributed by atoms with Gasteiger partial charge in [-0.25, -0.2) is 13.6 Å². The topological polar surface area (TPSA) is 126 Å². The van der Waals surface area contributed by atoms with Crippen molar-refractivity contribution in [1.29, 1.82) is 5.26 Å². The van der Waals surface area contributed by atoms with E-state index in [1.807, 2.05) is 12.1 Å². The first-order valence-corrected chi connectivity index (χ1v) is 12.7. The molecule has 12 heteroatoms. The highest BCUT2D eigenvalue weighted by molar-refractivity contribution is 6.43. The maximum Gasteiger partial charge on any atom is 0.475 e. The summed E-state index contributed by atoms with van der Waals surface area (Å²) in [6, 6.07) is 10.9. The van der Waals surface area contributed by atoms with Gasteiger partial charge >= 0.3 is 13.2 Å². The summed E-state index contributed by atoms with van der Waals surface area (Å²) in [6.07, 6.45) is 1.42. The van der Waals surface area contributed by atoms with Crippen LogP contribution in [-0.2, 0) is 16.0 Å². The number of alkyl carbamates (subject to hydrolysis) is 1. The fourth-order valence-electron chi connectivity index (χ4n) is 4.95. The van der Waals surface area contributed by atoms with E-state index in [0.717, 1.165) is 5.56 Å². The third-order valence-electron chi connectivity index (χ3n) is 7.08. The molecule has 0 saturated carbocycles. The van der Waals surface area contributed by atoms with Gasteiger partial charge in [-0.15, -0.1) is 0 Å². The van der Waals surface area contributed by atoms with E-state index in [9.17, 15) is 33.7 Å². The van der Waals surface area contributed by atoms with Crippen LogP contribution < -0.4 is 5.32 Å². The monoisotopic (exact) mass is 532 g/mol. The quantitative estimate of drug-likeness (QED) is 0.267. The molecule has 1 aromatic carbocycles. The molecule has 0 spiro atoms. The minimum Gasteiger partial charge on any atom is -0.441 e. The molecule has 2 aliphatic rings. The van der Waals surface area contributed by atoms with E-state index in [2.05, 4.69) is 5.32 Å². The number of nitriles is 1. The molecule has 0 aliphatic carbocycles. The number of ether oxygens (including phenoxy) is 1. The van der Waals surface area contributed by atoms with Gasteiger partial charge < -0.3 is 25.0 Å². The van der Waals surface area contributed by atoms with Crippen molar-refractivity contribution >= 4 is 19.1 Å². The molecule has 0 bridgehead atoms. The fraction of sp³-hybridized carbons (Fsp3) is 0.577. The average Bonchev–Trinajstić information content (AvgIpc) is 3.22. The molecule has 2 saturated heterocycles. The first-order valence-electron chi connectivity index (χ1n) is 12.7. The van der Waals surface area contributed by atoms with Crippen molar-refractivity contribution < 1.29 is 33.2 Å². The first kappa shape index (κ1) is 29.5. The van der Waals surface area contributed by atoms with E-state index in [1.54, 1.807) is 49.9 Å². The number of amides is 2. The van der Waals surface area contributed by atoms with Crippen LogP contribution in [0.2, 0.25) is 0 Å². The van der Waals surface area contributed by atoms with Gasteiger partial charge in [-0.1, -0.05) is 30.3 Å². The Morgan fingerprint density at radius 3 is 2.50 bits per heavy atom. The van der Waals surface area contributed by atoms with Crippen molar-refractivity contribution in [2.75, 3.05) is 26.2 Å². The van der Waals surface area contributed by atoms with Crippen molar-refractivity contribution in [1.82, 2.24) is 15.1 Å². The number of alkyl halides is 2. The number of hydrogen-bond donors (Lipinski definition) is 3. The Hall–Kier alpha value is -3.01. The molecule has 1 aromatic rings. The summed E-state index contributed by atoms with van der Waals surface area (Å²) < 4.78 is 33.1. The number of nitrogens with one attached hydrogen (secondary N) is 1. The summed E-state index contributed by atoms with van der Waals surface area (Å²) >= 11 is 0. The Morgan fingerprint density at radius 2 is 1.92 bits per heavy atom. The summed E-state index contributed by atoms with van der Waals surface area (Å²) in [5.74, 6) is -4.38. The Bertz CT molecular complexity index is 1080. The van der Waals surface area contributed by atoms with Crippen LogP contribution >= 0.6 is 0 Å². The number of hydrogen-bond acceptors (Lipinski definition) is 7. The van der Waals surface area contributed by atoms with E-state index < -0.39 is 48.7 Å². The van der Waals surface area contributed by atoms with Gasteiger partial charge in [0.15, 0.2) is 0 Å². The van der Waals surface area contributed by atoms with E-state index in [-0.39, 0.29) is 31.5 Å². The van der Waals surface area contributed by atoms with Gasteiger partial charge in [0.1, 0.15) is 17.2 Å². The third kappa shape index (κ3) is 7.76. The molecular formula is C26H35BF2N4O5. The largest absolute Gasteiger partial charge is 0.475 e. The zero-order chi connectivity index (χ0) is 28.1. The van der Waals surface area contributed by atoms with Gasteiger partial charge in [0, 0.05) is 25.0 Å². The molecule has 9 nitrogen and oxygen atoms in total. The number of carbonyl (C=O) groups excluding carboxylic acids is 2. The predicted molar refractivity (Wildman–Crippen MR) is 137 cm³/mol. The molecule has 0 aromatic heterocycles. The van der Waals surface area contributed by atoms with Crippen LogP contribution in [0, 0.1) is 11.3 Å². The summed E-state index contributed by atoms with van der Waals surface area (Å²) in [5.41, 5.74) is -1.38. The Balaban J connectivity index is 1.65. The summed E-state index contributed by atoms with van der Waals surface area (Å²) in [7, 11) is -1.82. The first-order chi connectivity index (χ1) is 17.7. The zero-order valence-electron chi connectivity index (χ0n) is 22.0. The highest BCUT2D eigenvalue weighted by Gasteiger charge is 2.44. The summed E-state index contributed by atoms with van der Waals surface area (Å²) in [6.45, 7) is 5.12. The second-order valence-corrected chi connectivity index (χ2v) is 10.9. The van der Waals surface area contributed by atoms with Crippen LogP contribution in [0.1, 0.15) is 45.6 Å². The highest BCUT2D eigenvalue weighted by atomic mass is 19.3. The Morgan fingerprint density at radius 1 is 1.24 bits per heavy atom. The number of benzene rings is 1. The minimum atomic E-state index is -2.80. The molecule has 0 radical (unpaired) electrons. The predicted octanol–water partition coefficient (Wildman–Crippen LogP) is 2.29. The molecule has 38 heavy (non-hydrogen) atoms. The van der Waals surface area contributed by atoms with Crippen LogP contribution in [0.5, 0.6) is 0 Å². The van der Waals surface area contributed by atoms with Crippen LogP contribution in [0.15, 0.2) is 42.0 Å². The van der Waals surface area contributed by atoms with E-state index in [4.69, 9.17) is 4.74 Å². The van der Waals surface area contributed by atoms with Crippen molar-refractivity contribution in [2.24, 2.45) is 0 Å². The van der Waals surface area contributed by atoms with Crippen LogP contribution in [0.25, 0.3) is 0 Å². The molecule has 2 amide bonds. The zero-order valence-corrected chi connectivity index (χ0v) is 22.0. The van der Waals surface area contributed by atoms with Gasteiger partial charge in [-0.2, -0.15) is 5.26 Å². The van der Waals surface area contributed by atoms with Crippen molar-refractivity contribution in [3.8, 4) is 6.07 Å². The number of halogens is 2. The normalized spacial score (nSPS) is 22.9. The number of carbonyl (C=O) groups is 2. The molecule has 3 rings (SSSR count). The molecular weight excluding hydrogens is 497 g/mol. The molecule has 206 valence electrons. The van der Waals surface area contributed by atoms with Gasteiger partial charge in [0.2, 0.25) is 0 Å². The van der Waals surface area contributed by atoms with Crippen molar-refractivity contribution in [3.63, 3.8) is 0 Å². The van der Waals surface area contributed by atoms with E-state index in [1.165, 1.54) is 11.0 Å². The molecule has 2 fully saturated rings. The molecule has 2 aliphatic heterocycles. The lowest BCUT2D eigenvalue weighted by Gasteiger charge is -2.40. The Kier molecular flexibility index (Phi) is 9.18. The standard InChI is InChI=1S/C26H35BF2N4O5/c1-24(2,33-13-11-26(28,29)18-33)15-20(16-30)22(34)32-12-7-10-25(3,17-32)38-23(35)31-21(27(36)37)14-19-8-5-4-6-9-19/h4-6,8-9,15,21,36-37H,7,10-14,17-18H2,1-3H3,(H,31,35)/t21-,25?/m0/s1. The highest BCUT2D eigenvalue weighted by Crippen LogP contribution is 2.33. The van der Waals surface area contributed by atoms with Crippen LogP contribution in [0.4, 0.5) is 13.6 Å². The van der Waals surface area contributed by atoms with Gasteiger partial charge in [-0.05, 0) is 51.7 Å². The van der Waals surface area contributed by atoms with Crippen LogP contribution in [-0.4, -0.2) is 88.1 Å². The van der Waals surface area contributed by atoms with Crippen LogP contribution in [0.3, 0.4) is 0 Å². The van der Waals surface area contributed by atoms with E-state index >= 15 is 0 Å². The lowest BCUT2D eigenvalue weighted by molar-refractivity contribution is -0.133. The maximum absolute atomic E-state index is 13.7. The van der Waals surface area contributed by atoms with Crippen molar-refractivity contribution in [3.05, 3.63) is 47.5 Å². The maximum atomic E-state index is 13.7. The lowest BCUT2D eigenvalue weighted by Crippen LogP contribution is -2.54. The van der Waals surface area contributed by atoms with E-state index in [0.29, 0.717) is 19.4 Å². The third-order valence-corrected chi connectivity index (χ3v) is 7.08. The second-order valence-electron chi connectivity index (χ2n) is 10.9. The Labute approximate surface area is 222 Å². The molecule has 2 heterocycles. The summed E-state index contributed by atoms with van der Waals surface area (Å²) in [5, 5.41) is 31.7. The molecule has 3 N–H and O–H groups in total. The van der Waals surface area contributed by atoms with Crippen molar-refractivity contribution in [2.45, 2.75) is 69.5 Å². The van der Waals surface area contributed by atoms with Gasteiger partial charge in [0.05, 0.1) is 19.0 Å². The van der Waals surface area contributed by atoms with Gasteiger partial charge in [-0.3, -0.25) is 9.69 Å². The molecule has 1 unspecified atom stereocenters. The minimum absolute atomic E-state index is 0.0194. The number of likely N-dealkylation sites (tertiary alicyclic amines) is 2. The van der Waals surface area contributed by atoms with Gasteiger partial charge in [0.25, 0.3) is 11.8 Å². The lowest BCUT2D eigenvalue weighted by atomic mass is 9.76. The number of nitrogens with zero attached hydrogens (tertiary/aromatic N) is 3. The SMILES string of the molecule is CC1(OC(=O)N[C@@H](Cc2ccccc2)B(O)O)CCCN(C(=O)C(C#N)=CC(C)(C)N2CCC(F)(F)C2)C1. The summed E-state index contributed by atoms with van der Waals surface area (Å²) in [4.78, 5) is 28.9. The number of rotatable bonds is 8. The average molecular weight is 532 g/mol. The fourth-order valence-corrected chi connectivity index (χ4v) is 4.95. The smallest absolute Gasteiger partial charge is 0.441 e. The second kappa shape index (κ2) is 11.8. The number of piperidine rings is 1. The molecule has 2 atom stereocenters.